The van der Waals surface area contributed by atoms with Crippen LogP contribution in [0.4, 0.5) is 0 Å². The zero-order chi connectivity index (χ0) is 12.1. The number of aliphatic hydroxyl groups excluding tert-OH is 1. The van der Waals surface area contributed by atoms with Crippen molar-refractivity contribution in [2.75, 3.05) is 20.5 Å². The van der Waals surface area contributed by atoms with Gasteiger partial charge in [-0.25, -0.2) is 4.79 Å². The number of benzene rings is 1. The number of rotatable bonds is 4. The number of thioether (sulfide) groups is 1. The van der Waals surface area contributed by atoms with E-state index < -0.39 is 12.1 Å². The van der Waals surface area contributed by atoms with Crippen molar-refractivity contribution in [3.8, 4) is 5.75 Å². The van der Waals surface area contributed by atoms with Gasteiger partial charge in [0.2, 0.25) is 0 Å². The van der Waals surface area contributed by atoms with E-state index in [9.17, 15) is 9.90 Å². The van der Waals surface area contributed by atoms with Crippen molar-refractivity contribution in [3.63, 3.8) is 0 Å². The summed E-state index contributed by atoms with van der Waals surface area (Å²) in [5, 5.41) is 9.76. The van der Waals surface area contributed by atoms with Gasteiger partial charge >= 0.3 is 5.97 Å². The number of esters is 1. The van der Waals surface area contributed by atoms with E-state index in [2.05, 4.69) is 4.74 Å². The molecule has 4 nitrogen and oxygen atoms in total. The molecule has 5 heteroatoms. The van der Waals surface area contributed by atoms with Gasteiger partial charge in [-0.2, -0.15) is 0 Å². The van der Waals surface area contributed by atoms with Crippen molar-refractivity contribution in [2.45, 2.75) is 11.0 Å². The van der Waals surface area contributed by atoms with Crippen LogP contribution in [0, 0.1) is 0 Å². The Kier molecular flexibility index (Phi) is 4.64. The van der Waals surface area contributed by atoms with E-state index in [0.29, 0.717) is 11.3 Å². The van der Waals surface area contributed by atoms with E-state index >= 15 is 0 Å². The summed E-state index contributed by atoms with van der Waals surface area (Å²) in [6.45, 7) is 0. The molecule has 0 aliphatic carbocycles. The van der Waals surface area contributed by atoms with Gasteiger partial charge in [-0.1, -0.05) is 12.1 Å². The van der Waals surface area contributed by atoms with Crippen LogP contribution in [-0.4, -0.2) is 31.6 Å². The lowest BCUT2D eigenvalue weighted by Crippen LogP contribution is -2.14. The minimum Gasteiger partial charge on any atom is -0.495 e. The summed E-state index contributed by atoms with van der Waals surface area (Å²) in [6, 6.07) is 5.26. The maximum Gasteiger partial charge on any atom is 0.339 e. The highest BCUT2D eigenvalue weighted by Gasteiger charge is 2.23. The first-order valence-corrected chi connectivity index (χ1v) is 5.85. The summed E-state index contributed by atoms with van der Waals surface area (Å²) >= 11 is 1.48. The Morgan fingerprint density at radius 1 is 1.44 bits per heavy atom. The Balaban J connectivity index is 3.17. The summed E-state index contributed by atoms with van der Waals surface area (Å²) in [5.41, 5.74) is 0.418. The largest absolute Gasteiger partial charge is 0.495 e. The van der Waals surface area contributed by atoms with E-state index in [0.717, 1.165) is 4.90 Å². The lowest BCUT2D eigenvalue weighted by molar-refractivity contribution is -0.150. The van der Waals surface area contributed by atoms with Crippen molar-refractivity contribution < 1.29 is 19.4 Å². The smallest absolute Gasteiger partial charge is 0.339 e. The minimum atomic E-state index is -1.31. The number of ether oxygens (including phenoxy) is 2. The Morgan fingerprint density at radius 3 is 2.62 bits per heavy atom. The van der Waals surface area contributed by atoms with E-state index in [1.807, 2.05) is 12.3 Å². The molecule has 0 radical (unpaired) electrons. The summed E-state index contributed by atoms with van der Waals surface area (Å²) in [6.07, 6.45) is 0.582. The van der Waals surface area contributed by atoms with Crippen LogP contribution in [-0.2, 0) is 9.53 Å². The molecular weight excluding hydrogens is 228 g/mol. The van der Waals surface area contributed by atoms with E-state index in [4.69, 9.17) is 4.74 Å². The molecule has 88 valence electrons. The van der Waals surface area contributed by atoms with Gasteiger partial charge < -0.3 is 14.6 Å². The summed E-state index contributed by atoms with van der Waals surface area (Å²) in [5.74, 6) is -0.190. The monoisotopic (exact) mass is 242 g/mol. The van der Waals surface area contributed by atoms with Gasteiger partial charge in [-0.05, 0) is 12.3 Å². The first-order chi connectivity index (χ1) is 7.65. The number of hydrogen-bond donors (Lipinski definition) is 1. The maximum atomic E-state index is 11.2. The number of methoxy groups -OCH3 is 2. The highest BCUT2D eigenvalue weighted by atomic mass is 32.2. The predicted octanol–water partition coefficient (Wildman–Crippen LogP) is 1.62. The van der Waals surface area contributed by atoms with Gasteiger partial charge in [0.1, 0.15) is 5.75 Å². The highest BCUT2D eigenvalue weighted by molar-refractivity contribution is 7.98. The average Bonchev–Trinajstić information content (AvgIpc) is 2.35. The Hall–Kier alpha value is -1.20. The molecule has 1 aromatic rings. The Bertz CT molecular complexity index is 378. The van der Waals surface area contributed by atoms with Crippen LogP contribution in [0.25, 0.3) is 0 Å². The molecule has 0 bridgehead atoms. The maximum absolute atomic E-state index is 11.2. The summed E-state index contributed by atoms with van der Waals surface area (Å²) < 4.78 is 9.68. The van der Waals surface area contributed by atoms with E-state index in [-0.39, 0.29) is 0 Å². The molecule has 0 amide bonds. The number of carbonyl (C=O) groups is 1. The van der Waals surface area contributed by atoms with Crippen molar-refractivity contribution in [3.05, 3.63) is 23.8 Å². The fraction of sp³-hybridized carbons (Fsp3) is 0.364. The van der Waals surface area contributed by atoms with Crippen LogP contribution >= 0.6 is 11.8 Å². The van der Waals surface area contributed by atoms with Crippen molar-refractivity contribution in [2.24, 2.45) is 0 Å². The molecule has 1 aromatic carbocycles. The molecule has 0 spiro atoms. The van der Waals surface area contributed by atoms with Gasteiger partial charge in [-0.3, -0.25) is 0 Å². The molecule has 0 heterocycles. The fourth-order valence-electron chi connectivity index (χ4n) is 1.37. The van der Waals surface area contributed by atoms with E-state index in [1.165, 1.54) is 26.0 Å². The lowest BCUT2D eigenvalue weighted by Gasteiger charge is -2.15. The molecule has 0 aromatic heterocycles. The van der Waals surface area contributed by atoms with Crippen LogP contribution in [0.2, 0.25) is 0 Å². The Morgan fingerprint density at radius 2 is 2.12 bits per heavy atom. The zero-order valence-electron chi connectivity index (χ0n) is 9.39. The van der Waals surface area contributed by atoms with Gasteiger partial charge in [0.15, 0.2) is 6.10 Å². The summed E-state index contributed by atoms with van der Waals surface area (Å²) in [4.78, 5) is 12.1. The molecule has 1 rings (SSSR count). The SMILES string of the molecule is COC(=O)C(O)c1cccc(SC)c1OC. The predicted molar refractivity (Wildman–Crippen MR) is 61.8 cm³/mol. The van der Waals surface area contributed by atoms with Crippen LogP contribution in [0.15, 0.2) is 23.1 Å². The summed E-state index contributed by atoms with van der Waals surface area (Å²) in [7, 11) is 2.74. The molecule has 0 saturated carbocycles. The van der Waals surface area contributed by atoms with Gasteiger partial charge in [0.05, 0.1) is 14.2 Å². The van der Waals surface area contributed by atoms with Crippen LogP contribution in [0.1, 0.15) is 11.7 Å². The normalized spacial score (nSPS) is 12.0. The molecule has 1 N–H and O–H groups in total. The average molecular weight is 242 g/mol. The molecule has 0 aliphatic heterocycles. The van der Waals surface area contributed by atoms with Crippen molar-refractivity contribution in [1.29, 1.82) is 0 Å². The number of para-hydroxylation sites is 1. The van der Waals surface area contributed by atoms with Gasteiger partial charge in [0.25, 0.3) is 0 Å². The fourth-order valence-corrected chi connectivity index (χ4v) is 1.97. The molecule has 1 unspecified atom stereocenters. The number of carbonyl (C=O) groups excluding carboxylic acids is 1. The van der Waals surface area contributed by atoms with Gasteiger partial charge in [0, 0.05) is 10.5 Å². The third kappa shape index (κ3) is 2.48. The topological polar surface area (TPSA) is 55.8 Å². The molecule has 1 atom stereocenters. The third-order valence-electron chi connectivity index (χ3n) is 2.15. The second-order valence-corrected chi connectivity index (χ2v) is 3.86. The first kappa shape index (κ1) is 12.9. The van der Waals surface area contributed by atoms with Gasteiger partial charge in [-0.15, -0.1) is 11.8 Å². The minimum absolute atomic E-state index is 0.418. The highest BCUT2D eigenvalue weighted by Crippen LogP contribution is 2.34. The Labute approximate surface area is 98.6 Å². The molecule has 0 fully saturated rings. The first-order valence-electron chi connectivity index (χ1n) is 4.62. The van der Waals surface area contributed by atoms with Crippen molar-refractivity contribution in [1.82, 2.24) is 0 Å². The molecule has 16 heavy (non-hydrogen) atoms. The van der Waals surface area contributed by atoms with Crippen LogP contribution in [0.5, 0.6) is 5.75 Å². The number of aliphatic hydroxyl groups is 1. The van der Waals surface area contributed by atoms with E-state index in [1.54, 1.807) is 12.1 Å². The van der Waals surface area contributed by atoms with Crippen LogP contribution in [0.3, 0.4) is 0 Å². The standard InChI is InChI=1S/C11H14O4S/c1-14-10-7(9(12)11(13)15-2)5-4-6-8(10)16-3/h4-6,9,12H,1-3H3. The quantitative estimate of drug-likeness (QED) is 0.642. The van der Waals surface area contributed by atoms with Crippen molar-refractivity contribution >= 4 is 17.7 Å². The molecule has 0 saturated heterocycles. The molecule has 0 aliphatic rings. The molecular formula is C11H14O4S. The second kappa shape index (κ2) is 5.77. The lowest BCUT2D eigenvalue weighted by atomic mass is 10.1. The second-order valence-electron chi connectivity index (χ2n) is 3.01. The zero-order valence-corrected chi connectivity index (χ0v) is 10.2. The number of hydrogen-bond acceptors (Lipinski definition) is 5. The third-order valence-corrected chi connectivity index (χ3v) is 2.91. The van der Waals surface area contributed by atoms with Crippen LogP contribution < -0.4 is 4.74 Å².